The van der Waals surface area contributed by atoms with Crippen molar-refractivity contribution in [3.05, 3.63) is 89.5 Å². The van der Waals surface area contributed by atoms with Crippen LogP contribution in [0.2, 0.25) is 0 Å². The van der Waals surface area contributed by atoms with Gasteiger partial charge in [-0.05, 0) is 73.6 Å². The highest BCUT2D eigenvalue weighted by Gasteiger charge is 2.13. The van der Waals surface area contributed by atoms with E-state index >= 15 is 0 Å². The van der Waals surface area contributed by atoms with Crippen LogP contribution in [0.1, 0.15) is 21.5 Å². The minimum atomic E-state index is -0.0916. The number of hydrogen-bond donors (Lipinski definition) is 0. The van der Waals surface area contributed by atoms with Gasteiger partial charge in [-0.2, -0.15) is 0 Å². The zero-order valence-electron chi connectivity index (χ0n) is 18.6. The van der Waals surface area contributed by atoms with Gasteiger partial charge in [0, 0.05) is 6.54 Å². The largest absolute Gasteiger partial charge is 0.497 e. The molecule has 31 heavy (non-hydrogen) atoms. The third-order valence-electron chi connectivity index (χ3n) is 5.04. The second kappa shape index (κ2) is 10.6. The Morgan fingerprint density at radius 1 is 1.00 bits per heavy atom. The Kier molecular flexibility index (Phi) is 7.63. The quantitative estimate of drug-likeness (QED) is 0.341. The minimum absolute atomic E-state index is 0.0916. The number of nitrogens with zero attached hydrogens (tertiary/aromatic N) is 1. The molecule has 0 aliphatic rings. The summed E-state index contributed by atoms with van der Waals surface area (Å²) in [5.41, 5.74) is 4.76. The van der Waals surface area contributed by atoms with E-state index in [1.54, 1.807) is 13.2 Å². The van der Waals surface area contributed by atoms with Crippen molar-refractivity contribution in [2.45, 2.75) is 6.92 Å². The lowest BCUT2D eigenvalue weighted by Crippen LogP contribution is -2.20. The third kappa shape index (κ3) is 6.06. The zero-order chi connectivity index (χ0) is 22.2. The molecule has 3 rings (SSSR count). The SMILES string of the molecule is COc1ccc(/C=C/C(=O)c2cc(-c3ccccc3C)ccc2OCCN(C)C)cc1. The van der Waals surface area contributed by atoms with Crippen LogP contribution in [0.3, 0.4) is 0 Å². The first kappa shape index (κ1) is 22.3. The van der Waals surface area contributed by atoms with Crippen LogP contribution >= 0.6 is 0 Å². The molecule has 0 spiro atoms. The fourth-order valence-corrected chi connectivity index (χ4v) is 3.23. The van der Waals surface area contributed by atoms with Gasteiger partial charge in [-0.15, -0.1) is 0 Å². The topological polar surface area (TPSA) is 38.8 Å². The van der Waals surface area contributed by atoms with Crippen LogP contribution in [0.25, 0.3) is 17.2 Å². The van der Waals surface area contributed by atoms with Gasteiger partial charge >= 0.3 is 0 Å². The van der Waals surface area contributed by atoms with Crippen molar-refractivity contribution in [1.82, 2.24) is 4.90 Å². The first-order valence-corrected chi connectivity index (χ1v) is 10.3. The van der Waals surface area contributed by atoms with Crippen LogP contribution < -0.4 is 9.47 Å². The van der Waals surface area contributed by atoms with Crippen molar-refractivity contribution in [3.63, 3.8) is 0 Å². The monoisotopic (exact) mass is 415 g/mol. The molecule has 4 heteroatoms. The summed E-state index contributed by atoms with van der Waals surface area (Å²) < 4.78 is 11.1. The molecule has 160 valence electrons. The van der Waals surface area contributed by atoms with Crippen LogP contribution in [0.15, 0.2) is 72.8 Å². The second-order valence-corrected chi connectivity index (χ2v) is 7.65. The van der Waals surface area contributed by atoms with E-state index in [1.807, 2.05) is 79.7 Å². The number of ether oxygens (including phenoxy) is 2. The normalized spacial score (nSPS) is 11.1. The Balaban J connectivity index is 1.91. The molecule has 0 aromatic heterocycles. The van der Waals surface area contributed by atoms with Gasteiger partial charge in [0.05, 0.1) is 12.7 Å². The van der Waals surface area contributed by atoms with Crippen LogP contribution in [0.4, 0.5) is 0 Å². The van der Waals surface area contributed by atoms with Crippen LogP contribution in [-0.2, 0) is 0 Å². The third-order valence-corrected chi connectivity index (χ3v) is 5.04. The maximum absolute atomic E-state index is 13.1. The summed E-state index contributed by atoms with van der Waals surface area (Å²) in [6.07, 6.45) is 3.41. The van der Waals surface area contributed by atoms with E-state index < -0.39 is 0 Å². The van der Waals surface area contributed by atoms with E-state index in [-0.39, 0.29) is 5.78 Å². The van der Waals surface area contributed by atoms with Crippen molar-refractivity contribution in [2.75, 3.05) is 34.4 Å². The van der Waals surface area contributed by atoms with E-state index in [0.29, 0.717) is 17.9 Å². The standard InChI is InChI=1S/C27H29NO3/c1-20-7-5-6-8-24(20)22-12-16-27(31-18-17-28(2)3)25(19-22)26(29)15-11-21-9-13-23(30-4)14-10-21/h5-16,19H,17-18H2,1-4H3/b15-11+. The van der Waals surface area contributed by atoms with Gasteiger partial charge in [0.1, 0.15) is 18.1 Å². The highest BCUT2D eigenvalue weighted by Crippen LogP contribution is 2.29. The molecule has 0 aliphatic heterocycles. The van der Waals surface area contributed by atoms with Crippen molar-refractivity contribution in [1.29, 1.82) is 0 Å². The van der Waals surface area contributed by atoms with Gasteiger partial charge in [0.2, 0.25) is 0 Å². The molecule has 0 fully saturated rings. The smallest absolute Gasteiger partial charge is 0.189 e. The number of carbonyl (C=O) groups is 1. The Hall–Kier alpha value is -3.37. The Labute approximate surface area is 184 Å². The first-order valence-electron chi connectivity index (χ1n) is 10.3. The van der Waals surface area contributed by atoms with Crippen LogP contribution in [0, 0.1) is 6.92 Å². The van der Waals surface area contributed by atoms with E-state index in [1.165, 1.54) is 0 Å². The highest BCUT2D eigenvalue weighted by atomic mass is 16.5. The van der Waals surface area contributed by atoms with Crippen molar-refractivity contribution < 1.29 is 14.3 Å². The molecule has 0 saturated carbocycles. The van der Waals surface area contributed by atoms with E-state index in [4.69, 9.17) is 9.47 Å². The molecule has 3 aromatic carbocycles. The summed E-state index contributed by atoms with van der Waals surface area (Å²) in [5.74, 6) is 1.29. The number of carbonyl (C=O) groups excluding carboxylic acids is 1. The van der Waals surface area contributed by atoms with Gasteiger partial charge in [-0.1, -0.05) is 48.5 Å². The summed E-state index contributed by atoms with van der Waals surface area (Å²) >= 11 is 0. The molecule has 0 bridgehead atoms. The van der Waals surface area contributed by atoms with Crippen molar-refractivity contribution in [2.24, 2.45) is 0 Å². The molecule has 0 unspecified atom stereocenters. The number of benzene rings is 3. The molecule has 0 radical (unpaired) electrons. The second-order valence-electron chi connectivity index (χ2n) is 7.65. The van der Waals surface area contributed by atoms with Gasteiger partial charge < -0.3 is 14.4 Å². The van der Waals surface area contributed by atoms with E-state index in [2.05, 4.69) is 19.1 Å². The maximum Gasteiger partial charge on any atom is 0.189 e. The summed E-state index contributed by atoms with van der Waals surface area (Å²) in [5, 5.41) is 0. The van der Waals surface area contributed by atoms with Gasteiger partial charge in [0.25, 0.3) is 0 Å². The molecule has 4 nitrogen and oxygen atoms in total. The molecule has 0 heterocycles. The number of rotatable bonds is 9. The maximum atomic E-state index is 13.1. The van der Waals surface area contributed by atoms with Crippen molar-refractivity contribution >= 4 is 11.9 Å². The van der Waals surface area contributed by atoms with E-state index in [9.17, 15) is 4.79 Å². The number of ketones is 1. The molecule has 0 N–H and O–H groups in total. The summed E-state index contributed by atoms with van der Waals surface area (Å²) in [6, 6.07) is 21.6. The Morgan fingerprint density at radius 2 is 1.74 bits per heavy atom. The zero-order valence-corrected chi connectivity index (χ0v) is 18.6. The minimum Gasteiger partial charge on any atom is -0.497 e. The highest BCUT2D eigenvalue weighted by molar-refractivity contribution is 6.09. The molecular formula is C27H29NO3. The molecule has 0 saturated heterocycles. The number of allylic oxidation sites excluding steroid dienone is 1. The molecule has 3 aromatic rings. The number of methoxy groups -OCH3 is 1. The number of likely N-dealkylation sites (N-methyl/N-ethyl adjacent to an activating group) is 1. The van der Waals surface area contributed by atoms with Crippen LogP contribution in [0.5, 0.6) is 11.5 Å². The molecule has 0 atom stereocenters. The van der Waals surface area contributed by atoms with Gasteiger partial charge in [-0.3, -0.25) is 4.79 Å². The number of hydrogen-bond acceptors (Lipinski definition) is 4. The lowest BCUT2D eigenvalue weighted by molar-refractivity contribution is 0.104. The Morgan fingerprint density at radius 3 is 2.42 bits per heavy atom. The van der Waals surface area contributed by atoms with E-state index in [0.717, 1.165) is 34.5 Å². The molecule has 0 amide bonds. The average Bonchev–Trinajstić information content (AvgIpc) is 2.78. The fraction of sp³-hybridized carbons (Fsp3) is 0.222. The average molecular weight is 416 g/mol. The predicted molar refractivity (Wildman–Crippen MR) is 127 cm³/mol. The van der Waals surface area contributed by atoms with Crippen LogP contribution in [-0.4, -0.2) is 45.0 Å². The summed E-state index contributed by atoms with van der Waals surface area (Å²) in [7, 11) is 5.62. The fourth-order valence-electron chi connectivity index (χ4n) is 3.23. The lowest BCUT2D eigenvalue weighted by atomic mass is 9.97. The number of aryl methyl sites for hydroxylation is 1. The first-order chi connectivity index (χ1) is 15.0. The van der Waals surface area contributed by atoms with Crippen molar-refractivity contribution in [3.8, 4) is 22.6 Å². The summed E-state index contributed by atoms with van der Waals surface area (Å²) in [6.45, 7) is 3.36. The Bertz CT molecular complexity index is 1050. The van der Waals surface area contributed by atoms with Gasteiger partial charge in [0.15, 0.2) is 5.78 Å². The lowest BCUT2D eigenvalue weighted by Gasteiger charge is -2.15. The molecular weight excluding hydrogens is 386 g/mol. The predicted octanol–water partition coefficient (Wildman–Crippen LogP) is 5.51. The molecule has 0 aliphatic carbocycles. The summed E-state index contributed by atoms with van der Waals surface area (Å²) in [4.78, 5) is 15.2. The van der Waals surface area contributed by atoms with Gasteiger partial charge in [-0.25, -0.2) is 0 Å².